The molecule has 0 bridgehead atoms. The molecule has 0 unspecified atom stereocenters. The molecule has 0 amide bonds. The second-order valence-electron chi connectivity index (χ2n) is 3.40. The summed E-state index contributed by atoms with van der Waals surface area (Å²) in [6.07, 6.45) is 0. The van der Waals surface area contributed by atoms with Gasteiger partial charge in [-0.3, -0.25) is 0 Å². The minimum atomic E-state index is 1.14. The molecule has 0 N–H and O–H groups in total. The van der Waals surface area contributed by atoms with E-state index in [-0.39, 0.29) is 0 Å². The number of hydrogen-bond donors (Lipinski definition) is 0. The van der Waals surface area contributed by atoms with Gasteiger partial charge in [0, 0.05) is 39.3 Å². The summed E-state index contributed by atoms with van der Waals surface area (Å²) in [7, 11) is 2.19. The molecule has 1 heterocycles. The number of nitrogens with zero attached hydrogens (tertiary/aromatic N) is 3. The molecule has 0 radical (unpaired) electrons. The summed E-state index contributed by atoms with van der Waals surface area (Å²) in [4.78, 5) is 2.39. The molecule has 0 aromatic rings. The van der Waals surface area contributed by atoms with Crippen molar-refractivity contribution in [3.8, 4) is 0 Å². The first kappa shape index (κ1) is 9.96. The van der Waals surface area contributed by atoms with Crippen LogP contribution in [-0.2, 0) is 0 Å². The third-order valence-electron chi connectivity index (χ3n) is 2.61. The van der Waals surface area contributed by atoms with Crippen LogP contribution >= 0.6 is 0 Å². The lowest BCUT2D eigenvalue weighted by molar-refractivity contribution is -0.0460. The van der Waals surface area contributed by atoms with Crippen LogP contribution in [0.4, 0.5) is 0 Å². The first-order valence-corrected chi connectivity index (χ1v) is 4.96. The van der Waals surface area contributed by atoms with E-state index < -0.39 is 0 Å². The van der Waals surface area contributed by atoms with Gasteiger partial charge in [-0.25, -0.2) is 10.0 Å². The van der Waals surface area contributed by atoms with Crippen LogP contribution in [0.1, 0.15) is 13.8 Å². The molecular formula is C9H21N3. The summed E-state index contributed by atoms with van der Waals surface area (Å²) in [5.74, 6) is 0. The molecular weight excluding hydrogens is 150 g/mol. The van der Waals surface area contributed by atoms with E-state index in [1.165, 1.54) is 26.2 Å². The zero-order chi connectivity index (χ0) is 8.97. The van der Waals surface area contributed by atoms with Crippen LogP contribution < -0.4 is 0 Å². The molecule has 1 fully saturated rings. The Hall–Kier alpha value is -0.120. The second kappa shape index (κ2) is 4.80. The predicted octanol–water partition coefficient (Wildman–Crippen LogP) is 0.491. The third-order valence-corrected chi connectivity index (χ3v) is 2.61. The average Bonchev–Trinajstić information content (AvgIpc) is 2.10. The van der Waals surface area contributed by atoms with Crippen molar-refractivity contribution in [3.05, 3.63) is 0 Å². The Bertz CT molecular complexity index is 115. The van der Waals surface area contributed by atoms with Gasteiger partial charge in [-0.2, -0.15) is 0 Å². The van der Waals surface area contributed by atoms with E-state index >= 15 is 0 Å². The zero-order valence-electron chi connectivity index (χ0n) is 8.58. The van der Waals surface area contributed by atoms with Crippen LogP contribution in [0.15, 0.2) is 0 Å². The van der Waals surface area contributed by atoms with Gasteiger partial charge in [0.2, 0.25) is 0 Å². The lowest BCUT2D eigenvalue weighted by Crippen LogP contribution is -2.52. The first-order chi connectivity index (χ1) is 5.77. The highest BCUT2D eigenvalue weighted by Gasteiger charge is 2.17. The van der Waals surface area contributed by atoms with Crippen LogP contribution in [0, 0.1) is 0 Å². The van der Waals surface area contributed by atoms with E-state index in [0.29, 0.717) is 0 Å². The monoisotopic (exact) mass is 171 g/mol. The van der Waals surface area contributed by atoms with Crippen molar-refractivity contribution in [3.63, 3.8) is 0 Å². The van der Waals surface area contributed by atoms with Gasteiger partial charge in [-0.1, -0.05) is 13.8 Å². The smallest absolute Gasteiger partial charge is 0.0261 e. The predicted molar refractivity (Wildman–Crippen MR) is 52.0 cm³/mol. The van der Waals surface area contributed by atoms with Crippen molar-refractivity contribution >= 4 is 0 Å². The van der Waals surface area contributed by atoms with Crippen LogP contribution in [-0.4, -0.2) is 61.2 Å². The number of hydrogen-bond acceptors (Lipinski definition) is 3. The molecule has 3 heteroatoms. The van der Waals surface area contributed by atoms with Gasteiger partial charge in [0.05, 0.1) is 0 Å². The Morgan fingerprint density at radius 1 is 1.00 bits per heavy atom. The molecule has 12 heavy (non-hydrogen) atoms. The first-order valence-electron chi connectivity index (χ1n) is 4.96. The van der Waals surface area contributed by atoms with Gasteiger partial charge in [0.15, 0.2) is 0 Å². The summed E-state index contributed by atoms with van der Waals surface area (Å²) in [5, 5.41) is 4.90. The van der Waals surface area contributed by atoms with Crippen molar-refractivity contribution in [1.82, 2.24) is 14.9 Å². The molecule has 0 aliphatic carbocycles. The second-order valence-corrected chi connectivity index (χ2v) is 3.40. The molecule has 0 spiro atoms. The number of piperazine rings is 1. The summed E-state index contributed by atoms with van der Waals surface area (Å²) in [6, 6.07) is 0. The van der Waals surface area contributed by atoms with E-state index in [4.69, 9.17) is 0 Å². The van der Waals surface area contributed by atoms with E-state index in [2.05, 4.69) is 35.8 Å². The molecule has 1 aliphatic rings. The Labute approximate surface area is 75.9 Å². The largest absolute Gasteiger partial charge is 0.304 e. The van der Waals surface area contributed by atoms with Crippen LogP contribution in [0.2, 0.25) is 0 Å². The quantitative estimate of drug-likeness (QED) is 0.612. The number of likely N-dealkylation sites (N-methyl/N-ethyl adjacent to an activating group) is 1. The lowest BCUT2D eigenvalue weighted by Gasteiger charge is -2.39. The van der Waals surface area contributed by atoms with Gasteiger partial charge in [0.25, 0.3) is 0 Å². The standard InChI is InChI=1S/C9H21N3/c1-4-11(5-2)12-8-6-10(3)7-9-12/h4-9H2,1-3H3. The summed E-state index contributed by atoms with van der Waals surface area (Å²) in [5.41, 5.74) is 0. The Balaban J connectivity index is 2.32. The number of hydrazine groups is 1. The van der Waals surface area contributed by atoms with Crippen LogP contribution in [0.3, 0.4) is 0 Å². The maximum Gasteiger partial charge on any atom is 0.0261 e. The lowest BCUT2D eigenvalue weighted by atomic mass is 10.4. The third kappa shape index (κ3) is 2.44. The summed E-state index contributed by atoms with van der Waals surface area (Å²) >= 11 is 0. The van der Waals surface area contributed by atoms with Gasteiger partial charge in [-0.15, -0.1) is 0 Å². The molecule has 0 saturated carbocycles. The molecule has 0 aromatic heterocycles. The SMILES string of the molecule is CCN(CC)N1CCN(C)CC1. The Kier molecular flexibility index (Phi) is 3.98. The normalized spacial score (nSPS) is 22.0. The Morgan fingerprint density at radius 3 is 1.92 bits per heavy atom. The van der Waals surface area contributed by atoms with Gasteiger partial charge in [0.1, 0.15) is 0 Å². The fourth-order valence-corrected chi connectivity index (χ4v) is 1.70. The molecule has 1 aliphatic heterocycles. The van der Waals surface area contributed by atoms with Gasteiger partial charge >= 0.3 is 0 Å². The van der Waals surface area contributed by atoms with Crippen molar-refractivity contribution in [2.24, 2.45) is 0 Å². The van der Waals surface area contributed by atoms with Crippen molar-refractivity contribution in [2.45, 2.75) is 13.8 Å². The Morgan fingerprint density at radius 2 is 1.50 bits per heavy atom. The van der Waals surface area contributed by atoms with Crippen LogP contribution in [0.5, 0.6) is 0 Å². The molecule has 1 saturated heterocycles. The van der Waals surface area contributed by atoms with E-state index in [0.717, 1.165) is 13.1 Å². The maximum atomic E-state index is 2.47. The van der Waals surface area contributed by atoms with E-state index in [1.807, 2.05) is 0 Å². The van der Waals surface area contributed by atoms with E-state index in [9.17, 15) is 0 Å². The molecule has 0 aromatic carbocycles. The van der Waals surface area contributed by atoms with Gasteiger partial charge < -0.3 is 4.90 Å². The topological polar surface area (TPSA) is 9.72 Å². The highest BCUT2D eigenvalue weighted by Crippen LogP contribution is 2.03. The molecule has 0 atom stereocenters. The fraction of sp³-hybridized carbons (Fsp3) is 1.00. The van der Waals surface area contributed by atoms with Crippen LogP contribution in [0.25, 0.3) is 0 Å². The van der Waals surface area contributed by atoms with Crippen molar-refractivity contribution < 1.29 is 0 Å². The molecule has 3 nitrogen and oxygen atoms in total. The minimum absolute atomic E-state index is 1.14. The van der Waals surface area contributed by atoms with Crippen molar-refractivity contribution in [2.75, 3.05) is 46.3 Å². The number of rotatable bonds is 3. The highest BCUT2D eigenvalue weighted by molar-refractivity contribution is 4.67. The summed E-state index contributed by atoms with van der Waals surface area (Å²) in [6.45, 7) is 11.5. The highest BCUT2D eigenvalue weighted by atomic mass is 15.6. The molecule has 72 valence electrons. The van der Waals surface area contributed by atoms with Gasteiger partial charge in [-0.05, 0) is 7.05 Å². The zero-order valence-corrected chi connectivity index (χ0v) is 8.58. The van der Waals surface area contributed by atoms with E-state index in [1.54, 1.807) is 0 Å². The fourth-order valence-electron chi connectivity index (χ4n) is 1.70. The average molecular weight is 171 g/mol. The summed E-state index contributed by atoms with van der Waals surface area (Å²) < 4.78 is 0. The van der Waals surface area contributed by atoms with Crippen molar-refractivity contribution in [1.29, 1.82) is 0 Å². The molecule has 1 rings (SSSR count). The maximum absolute atomic E-state index is 2.47. The minimum Gasteiger partial charge on any atom is -0.304 e.